The van der Waals surface area contributed by atoms with Gasteiger partial charge in [-0.3, -0.25) is 0 Å². The summed E-state index contributed by atoms with van der Waals surface area (Å²) in [6.07, 6.45) is 0.796. The lowest BCUT2D eigenvalue weighted by atomic mass is 9.91. The van der Waals surface area contributed by atoms with E-state index in [1.165, 1.54) is 0 Å². The lowest BCUT2D eigenvalue weighted by Crippen LogP contribution is -2.23. The lowest BCUT2D eigenvalue weighted by molar-refractivity contribution is 0.0625. The predicted octanol–water partition coefficient (Wildman–Crippen LogP) is 3.84. The molecule has 0 saturated carbocycles. The summed E-state index contributed by atoms with van der Waals surface area (Å²) in [7, 11) is 0. The van der Waals surface area contributed by atoms with Crippen LogP contribution in [0.4, 0.5) is 26.3 Å². The number of fused-ring (bicyclic) bond motifs is 1. The maximum absolute atomic E-state index is 12.8. The second kappa shape index (κ2) is 3.02. The molecule has 2 aliphatic rings. The third-order valence-electron chi connectivity index (χ3n) is 2.21. The van der Waals surface area contributed by atoms with Gasteiger partial charge in [-0.25, -0.2) is 8.78 Å². The molecular weight excluding hydrogens is 234 g/mol. The van der Waals surface area contributed by atoms with Gasteiger partial charge in [0.15, 0.2) is 11.7 Å². The van der Waals surface area contributed by atoms with Gasteiger partial charge in [0.05, 0.1) is 0 Å². The van der Waals surface area contributed by atoms with Crippen LogP contribution in [0, 0.1) is 0 Å². The molecule has 0 amide bonds. The molecule has 0 unspecified atom stereocenters. The molecule has 86 valence electrons. The highest BCUT2D eigenvalue weighted by Gasteiger charge is 2.42. The molecule has 0 radical (unpaired) electrons. The number of allylic oxidation sites excluding steroid dienone is 8. The van der Waals surface area contributed by atoms with Crippen molar-refractivity contribution in [3.05, 3.63) is 47.1 Å². The molecule has 0 aromatic rings. The summed E-state index contributed by atoms with van der Waals surface area (Å²) < 4.78 is 76.7. The van der Waals surface area contributed by atoms with Crippen LogP contribution in [0.15, 0.2) is 47.1 Å². The Bertz CT molecular complexity index is 420. The summed E-state index contributed by atoms with van der Waals surface area (Å²) in [6.45, 7) is 0. The molecule has 0 saturated heterocycles. The molecule has 0 bridgehead atoms. The van der Waals surface area contributed by atoms with E-state index < -0.39 is 34.6 Å². The SMILES string of the molecule is FC1=CC2=CC(F)(F)C(F)=CC2=CC1(F)F. The van der Waals surface area contributed by atoms with Gasteiger partial charge < -0.3 is 0 Å². The van der Waals surface area contributed by atoms with Gasteiger partial charge in [0.1, 0.15) is 0 Å². The predicted molar refractivity (Wildman–Crippen MR) is 44.4 cm³/mol. The van der Waals surface area contributed by atoms with Crippen LogP contribution in [-0.4, -0.2) is 11.8 Å². The first kappa shape index (κ1) is 11.0. The molecule has 0 spiro atoms. The first-order chi connectivity index (χ1) is 7.22. The van der Waals surface area contributed by atoms with Crippen LogP contribution in [0.3, 0.4) is 0 Å². The Kier molecular flexibility index (Phi) is 2.09. The normalized spacial score (nSPS) is 26.1. The fourth-order valence-electron chi connectivity index (χ4n) is 1.41. The van der Waals surface area contributed by atoms with E-state index in [0.29, 0.717) is 0 Å². The third-order valence-corrected chi connectivity index (χ3v) is 2.21. The Morgan fingerprint density at radius 3 is 1.31 bits per heavy atom. The smallest absolute Gasteiger partial charge is 0.205 e. The van der Waals surface area contributed by atoms with Crippen molar-refractivity contribution in [2.24, 2.45) is 0 Å². The average Bonchev–Trinajstić information content (AvgIpc) is 2.10. The van der Waals surface area contributed by atoms with Crippen LogP contribution in [0.5, 0.6) is 0 Å². The van der Waals surface area contributed by atoms with Crippen molar-refractivity contribution in [1.82, 2.24) is 0 Å². The Morgan fingerprint density at radius 2 is 1.00 bits per heavy atom. The van der Waals surface area contributed by atoms with Crippen LogP contribution in [0.1, 0.15) is 0 Å². The van der Waals surface area contributed by atoms with Crippen LogP contribution in [0.2, 0.25) is 0 Å². The molecule has 0 atom stereocenters. The average molecular weight is 238 g/mol. The summed E-state index contributed by atoms with van der Waals surface area (Å²) >= 11 is 0. The maximum atomic E-state index is 12.8. The fraction of sp³-hybridized carbons (Fsp3) is 0.200. The van der Waals surface area contributed by atoms with E-state index in [4.69, 9.17) is 0 Å². The van der Waals surface area contributed by atoms with E-state index in [2.05, 4.69) is 0 Å². The molecule has 0 N–H and O–H groups in total. The zero-order chi connectivity index (χ0) is 12.1. The van der Waals surface area contributed by atoms with Gasteiger partial charge in [-0.1, -0.05) is 0 Å². The lowest BCUT2D eigenvalue weighted by Gasteiger charge is -2.23. The minimum atomic E-state index is -3.88. The van der Waals surface area contributed by atoms with Crippen LogP contribution >= 0.6 is 0 Å². The highest BCUT2D eigenvalue weighted by atomic mass is 19.3. The molecule has 6 heteroatoms. The minimum absolute atomic E-state index is 0.114. The van der Waals surface area contributed by atoms with Gasteiger partial charge >= 0.3 is 11.8 Å². The van der Waals surface area contributed by atoms with Crippen molar-refractivity contribution in [3.8, 4) is 0 Å². The molecule has 0 fully saturated rings. The Morgan fingerprint density at radius 1 is 0.688 bits per heavy atom. The molecule has 2 aliphatic carbocycles. The van der Waals surface area contributed by atoms with Gasteiger partial charge in [0, 0.05) is 0 Å². The van der Waals surface area contributed by atoms with E-state index in [0.717, 1.165) is 0 Å². The highest BCUT2D eigenvalue weighted by Crippen LogP contribution is 2.42. The second-order valence-electron chi connectivity index (χ2n) is 3.43. The van der Waals surface area contributed by atoms with Crippen molar-refractivity contribution in [1.29, 1.82) is 0 Å². The molecule has 0 aromatic carbocycles. The largest absolute Gasteiger partial charge is 0.318 e. The Labute approximate surface area is 86.2 Å². The second-order valence-corrected chi connectivity index (χ2v) is 3.43. The maximum Gasteiger partial charge on any atom is 0.318 e. The molecule has 0 heterocycles. The zero-order valence-electron chi connectivity index (χ0n) is 7.58. The van der Waals surface area contributed by atoms with Gasteiger partial charge in [-0.2, -0.15) is 17.6 Å². The Hall–Kier alpha value is -1.46. The van der Waals surface area contributed by atoms with Gasteiger partial charge in [-0.05, 0) is 35.5 Å². The van der Waals surface area contributed by atoms with Gasteiger partial charge in [0.2, 0.25) is 0 Å². The molecule has 0 nitrogen and oxygen atoms in total. The standard InChI is InChI=1S/C10H4F6/c11-7-1-5-3-10(15,16)8(12)2-6(5)4-9(7,13)14/h1-4H. The quantitative estimate of drug-likeness (QED) is 0.562. The molecule has 16 heavy (non-hydrogen) atoms. The third kappa shape index (κ3) is 1.58. The van der Waals surface area contributed by atoms with Gasteiger partial charge in [0.25, 0.3) is 0 Å². The zero-order valence-corrected chi connectivity index (χ0v) is 7.58. The molecule has 0 aliphatic heterocycles. The van der Waals surface area contributed by atoms with Crippen molar-refractivity contribution in [2.45, 2.75) is 11.8 Å². The topological polar surface area (TPSA) is 0 Å². The van der Waals surface area contributed by atoms with Crippen molar-refractivity contribution in [2.75, 3.05) is 0 Å². The first-order valence-corrected chi connectivity index (χ1v) is 4.19. The number of hydrogen-bond acceptors (Lipinski definition) is 0. The van der Waals surface area contributed by atoms with Crippen LogP contribution in [0.25, 0.3) is 0 Å². The van der Waals surface area contributed by atoms with Crippen LogP contribution in [-0.2, 0) is 0 Å². The van der Waals surface area contributed by atoms with E-state index in [1.807, 2.05) is 0 Å². The first-order valence-electron chi connectivity index (χ1n) is 4.19. The summed E-state index contributed by atoms with van der Waals surface area (Å²) in [6, 6.07) is 0. The van der Waals surface area contributed by atoms with E-state index >= 15 is 0 Å². The number of rotatable bonds is 0. The summed E-state index contributed by atoms with van der Waals surface area (Å²) in [5, 5.41) is 0. The van der Waals surface area contributed by atoms with Crippen molar-refractivity contribution < 1.29 is 26.3 Å². The number of halogens is 6. The monoisotopic (exact) mass is 238 g/mol. The van der Waals surface area contributed by atoms with E-state index in [1.54, 1.807) is 0 Å². The molecular formula is C10H4F6. The van der Waals surface area contributed by atoms with E-state index in [9.17, 15) is 26.3 Å². The minimum Gasteiger partial charge on any atom is -0.205 e. The Balaban J connectivity index is 2.54. The van der Waals surface area contributed by atoms with Crippen LogP contribution < -0.4 is 0 Å². The molecule has 0 aromatic heterocycles. The summed E-state index contributed by atoms with van der Waals surface area (Å²) in [4.78, 5) is 0. The number of hydrogen-bond donors (Lipinski definition) is 0. The van der Waals surface area contributed by atoms with Crippen molar-refractivity contribution >= 4 is 0 Å². The summed E-state index contributed by atoms with van der Waals surface area (Å²) in [5.41, 5.74) is -0.898. The highest BCUT2D eigenvalue weighted by molar-refractivity contribution is 5.57. The summed E-state index contributed by atoms with van der Waals surface area (Å²) in [5.74, 6) is -11.4. The van der Waals surface area contributed by atoms with Crippen molar-refractivity contribution in [3.63, 3.8) is 0 Å². The fourth-order valence-corrected chi connectivity index (χ4v) is 1.41. The number of alkyl halides is 4. The molecule has 2 rings (SSSR count). The van der Waals surface area contributed by atoms with E-state index in [-0.39, 0.29) is 24.3 Å². The van der Waals surface area contributed by atoms with Gasteiger partial charge in [-0.15, -0.1) is 0 Å².